The molecule has 1 aromatic rings. The molecule has 9 heteroatoms. The van der Waals surface area contributed by atoms with Crippen molar-refractivity contribution in [3.63, 3.8) is 0 Å². The summed E-state index contributed by atoms with van der Waals surface area (Å²) in [6.45, 7) is 3.88. The molecule has 2 rings (SSSR count). The van der Waals surface area contributed by atoms with Gasteiger partial charge in [0.05, 0.1) is 12.2 Å². The number of anilines is 1. The van der Waals surface area contributed by atoms with E-state index in [4.69, 9.17) is 29.7 Å². The zero-order chi connectivity index (χ0) is 18.0. The Morgan fingerprint density at radius 2 is 1.67 bits per heavy atom. The Kier molecular flexibility index (Phi) is 8.95. The van der Waals surface area contributed by atoms with E-state index in [1.165, 1.54) is 32.4 Å². The third kappa shape index (κ3) is 10.4. The van der Waals surface area contributed by atoms with E-state index in [9.17, 15) is 4.79 Å². The predicted octanol–water partition coefficient (Wildman–Crippen LogP) is 1.37. The number of likely N-dealkylation sites (tertiary alicyclic amines) is 1. The first-order valence-corrected chi connectivity index (χ1v) is 9.35. The van der Waals surface area contributed by atoms with Crippen LogP contribution in [0.4, 0.5) is 5.69 Å². The van der Waals surface area contributed by atoms with Crippen LogP contribution in [-0.4, -0.2) is 51.8 Å². The normalized spacial score (nSPS) is 15.3. The summed E-state index contributed by atoms with van der Waals surface area (Å²) in [6.07, 6.45) is 4.85. The lowest BCUT2D eigenvalue weighted by Crippen LogP contribution is -2.31. The SMILES string of the molecule is Nc1ccc(C(=O)OCCCN2CCCCC2)cc1.O=P(O)(O)O. The topological polar surface area (TPSA) is 133 Å². The number of phosphoric acid groups is 1. The van der Waals surface area contributed by atoms with E-state index in [1.54, 1.807) is 24.3 Å². The molecule has 0 amide bonds. The van der Waals surface area contributed by atoms with E-state index < -0.39 is 7.82 Å². The quantitative estimate of drug-likeness (QED) is 0.268. The van der Waals surface area contributed by atoms with Gasteiger partial charge in [0.2, 0.25) is 0 Å². The molecule has 8 nitrogen and oxygen atoms in total. The number of carbonyl (C=O) groups excluding carboxylic acids is 1. The highest BCUT2D eigenvalue weighted by Gasteiger charge is 2.10. The summed E-state index contributed by atoms with van der Waals surface area (Å²) in [5.41, 5.74) is 6.79. The lowest BCUT2D eigenvalue weighted by atomic mass is 10.1. The first-order valence-electron chi connectivity index (χ1n) is 7.79. The fourth-order valence-corrected chi connectivity index (χ4v) is 2.34. The molecule has 0 spiro atoms. The van der Waals surface area contributed by atoms with Crippen LogP contribution in [0, 0.1) is 0 Å². The highest BCUT2D eigenvalue weighted by Crippen LogP contribution is 2.25. The van der Waals surface area contributed by atoms with Gasteiger partial charge < -0.3 is 30.1 Å². The number of rotatable bonds is 5. The largest absolute Gasteiger partial charge is 0.466 e. The second kappa shape index (κ2) is 10.4. The molecule has 1 fully saturated rings. The Hall–Kier alpha value is -1.44. The number of benzene rings is 1. The van der Waals surface area contributed by atoms with Crippen LogP contribution < -0.4 is 5.73 Å². The van der Waals surface area contributed by atoms with Crippen LogP contribution in [0.2, 0.25) is 0 Å². The lowest BCUT2D eigenvalue weighted by Gasteiger charge is -2.26. The number of hydrogen-bond donors (Lipinski definition) is 4. The molecule has 0 radical (unpaired) electrons. The molecule has 0 saturated carbocycles. The minimum Gasteiger partial charge on any atom is -0.462 e. The van der Waals surface area contributed by atoms with Crippen molar-refractivity contribution in [1.82, 2.24) is 4.90 Å². The van der Waals surface area contributed by atoms with Crippen LogP contribution in [0.3, 0.4) is 0 Å². The Morgan fingerprint density at radius 1 is 1.12 bits per heavy atom. The Balaban J connectivity index is 0.000000505. The second-order valence-electron chi connectivity index (χ2n) is 5.53. The molecule has 0 bridgehead atoms. The highest BCUT2D eigenvalue weighted by atomic mass is 31.2. The molecule has 136 valence electrons. The Morgan fingerprint density at radius 3 is 2.21 bits per heavy atom. The number of piperidine rings is 1. The van der Waals surface area contributed by atoms with Crippen molar-refractivity contribution in [2.45, 2.75) is 25.7 Å². The highest BCUT2D eigenvalue weighted by molar-refractivity contribution is 7.45. The third-order valence-electron chi connectivity index (χ3n) is 3.45. The molecule has 1 aromatic carbocycles. The fourth-order valence-electron chi connectivity index (χ4n) is 2.34. The van der Waals surface area contributed by atoms with E-state index in [-0.39, 0.29) is 5.97 Å². The summed E-state index contributed by atoms with van der Waals surface area (Å²) in [5, 5.41) is 0. The molecule has 1 heterocycles. The van der Waals surface area contributed by atoms with E-state index in [0.717, 1.165) is 13.0 Å². The average Bonchev–Trinajstić information content (AvgIpc) is 2.51. The van der Waals surface area contributed by atoms with Crippen LogP contribution in [0.15, 0.2) is 24.3 Å². The fraction of sp³-hybridized carbons (Fsp3) is 0.533. The average molecular weight is 360 g/mol. The van der Waals surface area contributed by atoms with Gasteiger partial charge in [0.25, 0.3) is 0 Å². The Labute approximate surface area is 141 Å². The van der Waals surface area contributed by atoms with Crippen molar-refractivity contribution in [2.75, 3.05) is 32.0 Å². The first kappa shape index (κ1) is 20.6. The van der Waals surface area contributed by atoms with Gasteiger partial charge in [-0.05, 0) is 56.6 Å². The molecular weight excluding hydrogens is 335 g/mol. The van der Waals surface area contributed by atoms with Gasteiger partial charge in [-0.25, -0.2) is 9.36 Å². The second-order valence-corrected chi connectivity index (χ2v) is 6.55. The van der Waals surface area contributed by atoms with Crippen LogP contribution in [0.1, 0.15) is 36.0 Å². The number of nitrogens with two attached hydrogens (primary N) is 1. The number of nitrogens with zero attached hydrogens (tertiary/aromatic N) is 1. The molecule has 24 heavy (non-hydrogen) atoms. The number of ether oxygens (including phenoxy) is 1. The van der Waals surface area contributed by atoms with Crippen molar-refractivity contribution in [3.8, 4) is 0 Å². The standard InChI is InChI=1S/C15H22N2O2.H3O4P/c16-14-7-5-13(6-8-14)15(18)19-12-4-11-17-9-2-1-3-10-17;1-5(2,3)4/h5-8H,1-4,9-12,16H2;(H3,1,2,3,4). The molecule has 5 N–H and O–H groups in total. The van der Waals surface area contributed by atoms with E-state index in [2.05, 4.69) is 4.90 Å². The van der Waals surface area contributed by atoms with Gasteiger partial charge in [-0.2, -0.15) is 0 Å². The van der Waals surface area contributed by atoms with E-state index in [0.29, 0.717) is 17.9 Å². The summed E-state index contributed by atoms with van der Waals surface area (Å²) in [6, 6.07) is 6.82. The van der Waals surface area contributed by atoms with Gasteiger partial charge >= 0.3 is 13.8 Å². The van der Waals surface area contributed by atoms with Crippen LogP contribution in [-0.2, 0) is 9.30 Å². The van der Waals surface area contributed by atoms with Crippen LogP contribution in [0.5, 0.6) is 0 Å². The minimum absolute atomic E-state index is 0.265. The summed E-state index contributed by atoms with van der Waals surface area (Å²) in [5.74, 6) is -0.265. The van der Waals surface area contributed by atoms with Crippen LogP contribution in [0.25, 0.3) is 0 Å². The molecule has 1 aliphatic heterocycles. The van der Waals surface area contributed by atoms with Gasteiger partial charge in [-0.1, -0.05) is 6.42 Å². The maximum absolute atomic E-state index is 11.7. The molecule has 0 aliphatic carbocycles. The Bertz CT molecular complexity index is 531. The number of esters is 1. The van der Waals surface area contributed by atoms with Crippen molar-refractivity contribution >= 4 is 19.5 Å². The molecule has 0 atom stereocenters. The van der Waals surface area contributed by atoms with Gasteiger partial charge in [0, 0.05) is 12.2 Å². The summed E-state index contributed by atoms with van der Waals surface area (Å²) in [7, 11) is -4.64. The number of hydrogen-bond acceptors (Lipinski definition) is 5. The number of nitrogen functional groups attached to an aromatic ring is 1. The smallest absolute Gasteiger partial charge is 0.462 e. The maximum Gasteiger partial charge on any atom is 0.466 e. The zero-order valence-corrected chi connectivity index (χ0v) is 14.4. The predicted molar refractivity (Wildman–Crippen MR) is 90.3 cm³/mol. The zero-order valence-electron chi connectivity index (χ0n) is 13.5. The van der Waals surface area contributed by atoms with Gasteiger partial charge in [0.15, 0.2) is 0 Å². The van der Waals surface area contributed by atoms with Crippen molar-refractivity contribution in [2.24, 2.45) is 0 Å². The maximum atomic E-state index is 11.7. The van der Waals surface area contributed by atoms with Gasteiger partial charge in [-0.3, -0.25) is 0 Å². The lowest BCUT2D eigenvalue weighted by molar-refractivity contribution is 0.0485. The van der Waals surface area contributed by atoms with Gasteiger partial charge in [-0.15, -0.1) is 0 Å². The van der Waals surface area contributed by atoms with E-state index >= 15 is 0 Å². The van der Waals surface area contributed by atoms with Crippen LogP contribution >= 0.6 is 7.82 Å². The van der Waals surface area contributed by atoms with Crippen molar-refractivity contribution < 1.29 is 28.8 Å². The van der Waals surface area contributed by atoms with Gasteiger partial charge in [0.1, 0.15) is 0 Å². The molecular formula is C15H25N2O6P. The third-order valence-corrected chi connectivity index (χ3v) is 3.45. The molecule has 1 saturated heterocycles. The summed E-state index contributed by atoms with van der Waals surface area (Å²) >= 11 is 0. The minimum atomic E-state index is -4.64. The van der Waals surface area contributed by atoms with Crippen molar-refractivity contribution in [3.05, 3.63) is 29.8 Å². The first-order chi connectivity index (χ1) is 11.3. The van der Waals surface area contributed by atoms with E-state index in [1.807, 2.05) is 0 Å². The summed E-state index contributed by atoms with van der Waals surface area (Å²) < 4.78 is 14.1. The monoisotopic (exact) mass is 360 g/mol. The molecule has 0 aromatic heterocycles. The van der Waals surface area contributed by atoms with Crippen molar-refractivity contribution in [1.29, 1.82) is 0 Å². The molecule has 1 aliphatic rings. The number of carbonyl (C=O) groups is 1. The molecule has 0 unspecified atom stereocenters. The summed E-state index contributed by atoms with van der Waals surface area (Å²) in [4.78, 5) is 35.7.